The zero-order chi connectivity index (χ0) is 27.8. The Kier molecular flexibility index (Phi) is 7.68. The molecule has 39 heavy (non-hydrogen) atoms. The second-order valence-electron chi connectivity index (χ2n) is 11.6. The third-order valence-corrected chi connectivity index (χ3v) is 13.7. The summed E-state index contributed by atoms with van der Waals surface area (Å²) in [5, 5.41) is 15.0. The molecule has 1 aliphatic rings. The molecule has 202 valence electrons. The Bertz CT molecular complexity index is 1290. The largest absolute Gasteiger partial charge is 0.387 e. The van der Waals surface area contributed by atoms with Crippen molar-refractivity contribution in [1.29, 1.82) is 0 Å². The monoisotopic (exact) mass is 571 g/mol. The van der Waals surface area contributed by atoms with Gasteiger partial charge in [0, 0.05) is 5.54 Å². The molecule has 1 aromatic heterocycles. The van der Waals surface area contributed by atoms with Crippen molar-refractivity contribution < 1.29 is 9.90 Å². The molecule has 1 aliphatic heterocycles. The second-order valence-corrected chi connectivity index (χ2v) is 17.0. The fourth-order valence-electron chi connectivity index (χ4n) is 6.07. The van der Waals surface area contributed by atoms with Crippen molar-refractivity contribution >= 4 is 37.8 Å². The van der Waals surface area contributed by atoms with E-state index in [-0.39, 0.29) is 11.3 Å². The number of aliphatic hydroxyl groups excluding tert-OH is 1. The average molecular weight is 572 g/mol. The molecular weight excluding hydrogens is 535 g/mol. The zero-order valence-electron chi connectivity index (χ0n) is 23.2. The van der Waals surface area contributed by atoms with Crippen LogP contribution in [0, 0.1) is 0 Å². The second kappa shape index (κ2) is 10.7. The third-order valence-electron chi connectivity index (χ3n) is 8.05. The normalized spacial score (nSPS) is 20.6. The van der Waals surface area contributed by atoms with E-state index < -0.39 is 30.2 Å². The summed E-state index contributed by atoms with van der Waals surface area (Å²) in [6, 6.07) is 33.8. The predicted octanol–water partition coefficient (Wildman–Crippen LogP) is 7.70. The minimum Gasteiger partial charge on any atom is -0.387 e. The number of rotatable bonds is 8. The molecular formula is C33H37NO2S2Si. The summed E-state index contributed by atoms with van der Waals surface area (Å²) in [4.78, 5) is 16.5. The van der Waals surface area contributed by atoms with Gasteiger partial charge in [0.05, 0.1) is 30.1 Å². The molecule has 0 radical (unpaired) electrons. The Morgan fingerprint density at radius 3 is 1.67 bits per heavy atom. The van der Waals surface area contributed by atoms with Gasteiger partial charge >= 0.3 is 0 Å². The summed E-state index contributed by atoms with van der Waals surface area (Å²) in [7, 11) is -1.77. The van der Waals surface area contributed by atoms with Crippen molar-refractivity contribution in [1.82, 2.24) is 4.90 Å². The number of amides is 1. The molecule has 2 heterocycles. The van der Waals surface area contributed by atoms with E-state index >= 15 is 0 Å². The number of benzene rings is 3. The highest BCUT2D eigenvalue weighted by Gasteiger charge is 2.70. The lowest BCUT2D eigenvalue weighted by molar-refractivity contribution is -0.164. The quantitative estimate of drug-likeness (QED) is 0.134. The maximum Gasteiger partial charge on any atom is 0.232 e. The summed E-state index contributed by atoms with van der Waals surface area (Å²) >= 11 is 3.39. The van der Waals surface area contributed by atoms with Gasteiger partial charge in [-0.2, -0.15) is 11.3 Å². The molecule has 3 unspecified atom stereocenters. The minimum atomic E-state index is -1.77. The Balaban J connectivity index is 1.79. The van der Waals surface area contributed by atoms with Crippen molar-refractivity contribution in [2.45, 2.75) is 60.7 Å². The SMILES string of the molecule is C[SiH](C)C1(C(O)c2ccsc2)C(=O)N(C(C)(C)C)C1SC(c1ccccc1)(c1ccccc1)c1ccccc1. The summed E-state index contributed by atoms with van der Waals surface area (Å²) in [6.07, 6.45) is -0.848. The molecule has 0 saturated carbocycles. The molecule has 0 aliphatic carbocycles. The Morgan fingerprint density at radius 1 is 0.846 bits per heavy atom. The van der Waals surface area contributed by atoms with E-state index in [4.69, 9.17) is 0 Å². The Morgan fingerprint density at radius 2 is 1.31 bits per heavy atom. The summed E-state index contributed by atoms with van der Waals surface area (Å²) < 4.78 is -0.596. The average Bonchev–Trinajstić information content (AvgIpc) is 3.47. The summed E-state index contributed by atoms with van der Waals surface area (Å²) in [5.41, 5.74) is 3.92. The first-order chi connectivity index (χ1) is 18.6. The van der Waals surface area contributed by atoms with Gasteiger partial charge in [-0.15, -0.1) is 11.8 Å². The van der Waals surface area contributed by atoms with Crippen molar-refractivity contribution in [3.05, 3.63) is 130 Å². The van der Waals surface area contributed by atoms with Crippen molar-refractivity contribution in [2.75, 3.05) is 0 Å². The maximum atomic E-state index is 14.4. The number of carbonyl (C=O) groups excluding carboxylic acids is 1. The smallest absolute Gasteiger partial charge is 0.232 e. The van der Waals surface area contributed by atoms with Gasteiger partial charge in [0.15, 0.2) is 0 Å². The molecule has 1 amide bonds. The van der Waals surface area contributed by atoms with Crippen LogP contribution in [-0.4, -0.2) is 35.6 Å². The first kappa shape index (κ1) is 27.9. The Labute approximate surface area is 242 Å². The molecule has 3 atom stereocenters. The molecule has 5 rings (SSSR count). The molecule has 1 N–H and O–H groups in total. The molecule has 1 saturated heterocycles. The molecule has 6 heteroatoms. The topological polar surface area (TPSA) is 40.5 Å². The van der Waals surface area contributed by atoms with Crippen molar-refractivity contribution in [2.24, 2.45) is 0 Å². The molecule has 1 fully saturated rings. The fraction of sp³-hybridized carbons (Fsp3) is 0.303. The van der Waals surface area contributed by atoms with Gasteiger partial charge in [-0.1, -0.05) is 104 Å². The van der Waals surface area contributed by atoms with Gasteiger partial charge in [-0.3, -0.25) is 4.79 Å². The van der Waals surface area contributed by atoms with E-state index in [9.17, 15) is 9.90 Å². The lowest BCUT2D eigenvalue weighted by atomic mass is 9.82. The van der Waals surface area contributed by atoms with E-state index in [2.05, 4.69) is 125 Å². The van der Waals surface area contributed by atoms with E-state index in [0.29, 0.717) is 0 Å². The van der Waals surface area contributed by atoms with E-state index in [1.165, 1.54) is 0 Å². The van der Waals surface area contributed by atoms with E-state index in [1.54, 1.807) is 11.3 Å². The van der Waals surface area contributed by atoms with Crippen LogP contribution >= 0.6 is 23.1 Å². The first-order valence-electron chi connectivity index (χ1n) is 13.5. The fourth-order valence-corrected chi connectivity index (χ4v) is 12.0. The summed E-state index contributed by atoms with van der Waals surface area (Å²) in [6.45, 7) is 10.8. The van der Waals surface area contributed by atoms with E-state index in [1.807, 2.05) is 33.5 Å². The highest BCUT2D eigenvalue weighted by molar-refractivity contribution is 8.01. The maximum absolute atomic E-state index is 14.4. The van der Waals surface area contributed by atoms with Crippen LogP contribution in [0.3, 0.4) is 0 Å². The van der Waals surface area contributed by atoms with Gasteiger partial charge in [0.2, 0.25) is 5.91 Å². The minimum absolute atomic E-state index is 0.0796. The van der Waals surface area contributed by atoms with Crippen molar-refractivity contribution in [3.8, 4) is 0 Å². The van der Waals surface area contributed by atoms with Gasteiger partial charge < -0.3 is 10.0 Å². The highest BCUT2D eigenvalue weighted by atomic mass is 32.2. The van der Waals surface area contributed by atoms with Crippen LogP contribution in [-0.2, 0) is 9.54 Å². The molecule has 3 nitrogen and oxygen atoms in total. The van der Waals surface area contributed by atoms with Crippen LogP contribution in [0.25, 0.3) is 0 Å². The standard InChI is InChI=1S/C33H37NO2S2Si/c1-31(2,3)34-29(36)33(39(4)5,28(35)24-21-22-37-23-24)30(34)38-32(25-15-9-6-10-16-25,26-17-11-7-12-18-26)27-19-13-8-14-20-27/h6-23,28,30,35,39H,1-5H3. The van der Waals surface area contributed by atoms with Gasteiger partial charge in [0.25, 0.3) is 0 Å². The number of hydrogen-bond donors (Lipinski definition) is 1. The lowest BCUT2D eigenvalue weighted by Gasteiger charge is -2.64. The number of thioether (sulfide) groups is 1. The van der Waals surface area contributed by atoms with Crippen LogP contribution < -0.4 is 0 Å². The van der Waals surface area contributed by atoms with Gasteiger partial charge in [0.1, 0.15) is 0 Å². The van der Waals surface area contributed by atoms with Crippen LogP contribution in [0.15, 0.2) is 108 Å². The van der Waals surface area contributed by atoms with E-state index in [0.717, 1.165) is 22.3 Å². The predicted molar refractivity (Wildman–Crippen MR) is 168 cm³/mol. The zero-order valence-corrected chi connectivity index (χ0v) is 26.0. The van der Waals surface area contributed by atoms with Crippen molar-refractivity contribution in [3.63, 3.8) is 0 Å². The number of β-lactam (4-membered cyclic amide) rings is 1. The van der Waals surface area contributed by atoms with Gasteiger partial charge in [-0.05, 0) is 59.9 Å². The molecule has 3 aromatic carbocycles. The third kappa shape index (κ3) is 4.51. The summed E-state index contributed by atoms with van der Waals surface area (Å²) in [5.74, 6) is 0.0796. The number of nitrogens with zero attached hydrogens (tertiary/aromatic N) is 1. The number of aliphatic hydroxyl groups is 1. The van der Waals surface area contributed by atoms with Crippen LogP contribution in [0.1, 0.15) is 49.1 Å². The number of likely N-dealkylation sites (tertiary alicyclic amines) is 1. The molecule has 4 aromatic rings. The van der Waals surface area contributed by atoms with Crippen LogP contribution in [0.5, 0.6) is 0 Å². The molecule has 0 bridgehead atoms. The molecule has 0 spiro atoms. The van der Waals surface area contributed by atoms with Crippen LogP contribution in [0.2, 0.25) is 18.1 Å². The number of thiophene rings is 1. The Hall–Kier alpha value is -2.64. The highest BCUT2D eigenvalue weighted by Crippen LogP contribution is 2.67. The van der Waals surface area contributed by atoms with Gasteiger partial charge in [-0.25, -0.2) is 0 Å². The number of carbonyl (C=O) groups is 1. The number of hydrogen-bond acceptors (Lipinski definition) is 4. The van der Waals surface area contributed by atoms with Crippen LogP contribution in [0.4, 0.5) is 0 Å². The lowest BCUT2D eigenvalue weighted by Crippen LogP contribution is -2.74. The first-order valence-corrected chi connectivity index (χ1v) is 18.2.